The molecule has 2 aromatic rings. The molecule has 0 radical (unpaired) electrons. The summed E-state index contributed by atoms with van der Waals surface area (Å²) < 4.78 is 0. The van der Waals surface area contributed by atoms with Gasteiger partial charge in [-0.2, -0.15) is 0 Å². The minimum absolute atomic E-state index is 0.235. The average Bonchev–Trinajstić information content (AvgIpc) is 2.48. The van der Waals surface area contributed by atoms with Crippen LogP contribution in [0.15, 0.2) is 60.7 Å². The van der Waals surface area contributed by atoms with Gasteiger partial charge in [-0.1, -0.05) is 60.7 Å². The fraction of sp³-hybridized carbons (Fsp3) is 0.294. The third-order valence-electron chi connectivity index (χ3n) is 3.97. The van der Waals surface area contributed by atoms with E-state index in [1.807, 2.05) is 0 Å². The molecule has 1 aliphatic rings. The summed E-state index contributed by atoms with van der Waals surface area (Å²) in [6.45, 7) is 0. The highest BCUT2D eigenvalue weighted by atomic mass is 15.0. The van der Waals surface area contributed by atoms with Gasteiger partial charge in [0.05, 0.1) is 6.04 Å². The second-order valence-electron chi connectivity index (χ2n) is 5.27. The maximum atomic E-state index is 6.06. The van der Waals surface area contributed by atoms with Crippen molar-refractivity contribution in [3.63, 3.8) is 0 Å². The highest BCUT2D eigenvalue weighted by Gasteiger charge is 2.30. The van der Waals surface area contributed by atoms with Crippen LogP contribution in [0.25, 0.3) is 0 Å². The van der Waals surface area contributed by atoms with E-state index in [-0.39, 0.29) is 6.04 Å². The van der Waals surface area contributed by atoms with Gasteiger partial charge in [-0.15, -0.1) is 0 Å². The molecule has 98 valence electrons. The molecule has 1 fully saturated rings. The van der Waals surface area contributed by atoms with Crippen molar-refractivity contribution >= 4 is 0 Å². The molecule has 0 bridgehead atoms. The predicted octanol–water partition coefficient (Wildman–Crippen LogP) is 2.86. The summed E-state index contributed by atoms with van der Waals surface area (Å²) in [6, 6.07) is 22.1. The van der Waals surface area contributed by atoms with E-state index in [9.17, 15) is 0 Å². The van der Waals surface area contributed by atoms with Crippen LogP contribution in [0.1, 0.15) is 30.0 Å². The van der Waals surface area contributed by atoms with Crippen molar-refractivity contribution in [3.05, 3.63) is 71.8 Å². The topological polar surface area (TPSA) is 38.0 Å². The van der Waals surface area contributed by atoms with E-state index in [0.29, 0.717) is 12.1 Å². The van der Waals surface area contributed by atoms with E-state index in [1.54, 1.807) is 0 Å². The molecule has 0 spiro atoms. The SMILES string of the molecule is N[C@@H]1CC[C@@H]1NC(c1ccccc1)c1ccccc1. The van der Waals surface area contributed by atoms with Crippen LogP contribution in [0.5, 0.6) is 0 Å². The van der Waals surface area contributed by atoms with E-state index in [2.05, 4.69) is 66.0 Å². The molecule has 1 saturated carbocycles. The first-order valence-electron chi connectivity index (χ1n) is 6.96. The average molecular weight is 252 g/mol. The fourth-order valence-corrected chi connectivity index (χ4v) is 2.62. The van der Waals surface area contributed by atoms with Gasteiger partial charge < -0.3 is 11.1 Å². The lowest BCUT2D eigenvalue weighted by Gasteiger charge is -2.37. The molecule has 2 aromatic carbocycles. The highest BCUT2D eigenvalue weighted by Crippen LogP contribution is 2.27. The van der Waals surface area contributed by atoms with E-state index >= 15 is 0 Å². The van der Waals surface area contributed by atoms with Crippen molar-refractivity contribution in [1.82, 2.24) is 5.32 Å². The smallest absolute Gasteiger partial charge is 0.0579 e. The van der Waals surface area contributed by atoms with Gasteiger partial charge in [0.1, 0.15) is 0 Å². The van der Waals surface area contributed by atoms with Crippen LogP contribution >= 0.6 is 0 Å². The zero-order valence-corrected chi connectivity index (χ0v) is 11.0. The number of hydrogen-bond donors (Lipinski definition) is 2. The quantitative estimate of drug-likeness (QED) is 0.878. The largest absolute Gasteiger partial charge is 0.326 e. The number of nitrogens with two attached hydrogens (primary N) is 1. The van der Waals surface area contributed by atoms with Gasteiger partial charge in [0.15, 0.2) is 0 Å². The van der Waals surface area contributed by atoms with Crippen molar-refractivity contribution < 1.29 is 0 Å². The Kier molecular flexibility index (Phi) is 3.62. The molecule has 2 atom stereocenters. The van der Waals surface area contributed by atoms with Crippen LogP contribution in [-0.2, 0) is 0 Å². The van der Waals surface area contributed by atoms with Gasteiger partial charge in [0, 0.05) is 12.1 Å². The monoisotopic (exact) mass is 252 g/mol. The molecule has 2 heteroatoms. The number of hydrogen-bond acceptors (Lipinski definition) is 2. The van der Waals surface area contributed by atoms with Crippen molar-refractivity contribution in [1.29, 1.82) is 0 Å². The molecule has 2 nitrogen and oxygen atoms in total. The summed E-state index contributed by atoms with van der Waals surface area (Å²) in [5.41, 5.74) is 8.66. The molecular weight excluding hydrogens is 232 g/mol. The predicted molar refractivity (Wildman–Crippen MR) is 78.9 cm³/mol. The van der Waals surface area contributed by atoms with Gasteiger partial charge in [0.2, 0.25) is 0 Å². The van der Waals surface area contributed by atoms with E-state index < -0.39 is 0 Å². The molecule has 3 rings (SSSR count). The number of benzene rings is 2. The Hall–Kier alpha value is -1.64. The van der Waals surface area contributed by atoms with Gasteiger partial charge in [0.25, 0.3) is 0 Å². The van der Waals surface area contributed by atoms with E-state index in [4.69, 9.17) is 5.73 Å². The molecule has 0 saturated heterocycles. The number of rotatable bonds is 4. The van der Waals surface area contributed by atoms with Crippen LogP contribution in [0.2, 0.25) is 0 Å². The zero-order valence-electron chi connectivity index (χ0n) is 11.0. The van der Waals surface area contributed by atoms with Crippen molar-refractivity contribution in [2.45, 2.75) is 31.0 Å². The van der Waals surface area contributed by atoms with Crippen molar-refractivity contribution in [2.75, 3.05) is 0 Å². The first-order valence-corrected chi connectivity index (χ1v) is 6.96. The second kappa shape index (κ2) is 5.55. The third kappa shape index (κ3) is 2.70. The lowest BCUT2D eigenvalue weighted by Crippen LogP contribution is -2.53. The zero-order chi connectivity index (χ0) is 13.1. The molecule has 19 heavy (non-hydrogen) atoms. The van der Waals surface area contributed by atoms with Gasteiger partial charge in [-0.25, -0.2) is 0 Å². The highest BCUT2D eigenvalue weighted by molar-refractivity contribution is 5.32. The standard InChI is InChI=1S/C17H20N2/c18-15-11-12-16(15)19-17(13-7-3-1-4-8-13)14-9-5-2-6-10-14/h1-10,15-17,19H,11-12,18H2/t15-,16+/m1/s1. The molecule has 0 aromatic heterocycles. The first-order chi connectivity index (χ1) is 9.34. The summed E-state index contributed by atoms with van der Waals surface area (Å²) in [5, 5.41) is 3.71. The molecule has 0 unspecified atom stereocenters. The minimum Gasteiger partial charge on any atom is -0.326 e. The Morgan fingerprint density at radius 2 is 1.37 bits per heavy atom. The maximum absolute atomic E-state index is 6.06. The van der Waals surface area contributed by atoms with Crippen LogP contribution in [0.4, 0.5) is 0 Å². The van der Waals surface area contributed by atoms with Crippen molar-refractivity contribution in [3.8, 4) is 0 Å². The Labute approximate surface area is 114 Å². The lowest BCUT2D eigenvalue weighted by atomic mass is 9.85. The first kappa shape index (κ1) is 12.4. The van der Waals surface area contributed by atoms with Crippen LogP contribution < -0.4 is 11.1 Å². The minimum atomic E-state index is 0.235. The molecule has 0 heterocycles. The summed E-state index contributed by atoms with van der Waals surface area (Å²) >= 11 is 0. The Bertz CT molecular complexity index is 470. The van der Waals surface area contributed by atoms with Crippen molar-refractivity contribution in [2.24, 2.45) is 5.73 Å². The van der Waals surface area contributed by atoms with E-state index in [0.717, 1.165) is 6.42 Å². The third-order valence-corrected chi connectivity index (χ3v) is 3.97. The summed E-state index contributed by atoms with van der Waals surface area (Å²) in [7, 11) is 0. The second-order valence-corrected chi connectivity index (χ2v) is 5.27. The molecule has 3 N–H and O–H groups in total. The molecule has 0 amide bonds. The maximum Gasteiger partial charge on any atom is 0.0579 e. The van der Waals surface area contributed by atoms with Gasteiger partial charge in [-0.3, -0.25) is 0 Å². The van der Waals surface area contributed by atoms with E-state index in [1.165, 1.54) is 17.5 Å². The van der Waals surface area contributed by atoms with Crippen LogP contribution in [-0.4, -0.2) is 12.1 Å². The Morgan fingerprint density at radius 3 is 1.74 bits per heavy atom. The summed E-state index contributed by atoms with van der Waals surface area (Å²) in [4.78, 5) is 0. The molecule has 1 aliphatic carbocycles. The van der Waals surface area contributed by atoms with Crippen LogP contribution in [0, 0.1) is 0 Å². The Morgan fingerprint density at radius 1 is 0.842 bits per heavy atom. The summed E-state index contributed by atoms with van der Waals surface area (Å²) in [6.07, 6.45) is 2.31. The molecular formula is C17H20N2. The Balaban J connectivity index is 1.87. The van der Waals surface area contributed by atoms with Gasteiger partial charge >= 0.3 is 0 Å². The molecule has 0 aliphatic heterocycles. The number of nitrogens with one attached hydrogen (secondary N) is 1. The van der Waals surface area contributed by atoms with Crippen LogP contribution in [0.3, 0.4) is 0 Å². The van der Waals surface area contributed by atoms with Gasteiger partial charge in [-0.05, 0) is 24.0 Å². The normalized spacial score (nSPS) is 22.2. The summed E-state index contributed by atoms with van der Waals surface area (Å²) in [5.74, 6) is 0. The lowest BCUT2D eigenvalue weighted by molar-refractivity contribution is 0.271. The fourth-order valence-electron chi connectivity index (χ4n) is 2.62.